The summed E-state index contributed by atoms with van der Waals surface area (Å²) in [5.41, 5.74) is 8.12. The van der Waals surface area contributed by atoms with Crippen molar-refractivity contribution in [1.82, 2.24) is 5.43 Å². The first-order valence-electron chi connectivity index (χ1n) is 7.33. The largest absolute Gasteiger partial charge is 0.495 e. The topological polar surface area (TPSA) is 45.6 Å². The number of anilines is 1. The Bertz CT molecular complexity index is 741. The number of hydrogen-bond acceptors (Lipinski definition) is 3. The zero-order chi connectivity index (χ0) is 16.8. The van der Waals surface area contributed by atoms with Gasteiger partial charge in [-0.25, -0.2) is 0 Å². The Morgan fingerprint density at radius 1 is 1.09 bits per heavy atom. The van der Waals surface area contributed by atoms with E-state index in [9.17, 15) is 0 Å². The number of methoxy groups -OCH3 is 1. The highest BCUT2D eigenvalue weighted by Crippen LogP contribution is 2.22. The van der Waals surface area contributed by atoms with Crippen LogP contribution < -0.4 is 15.5 Å². The minimum atomic E-state index is 0.415. The third-order valence-corrected chi connectivity index (χ3v) is 3.80. The molecule has 0 heterocycles. The lowest BCUT2D eigenvalue weighted by atomic mass is 10.0. The van der Waals surface area contributed by atoms with Gasteiger partial charge in [0, 0.05) is 0 Å². The van der Waals surface area contributed by atoms with Crippen molar-refractivity contribution >= 4 is 28.7 Å². The maximum atomic E-state index is 5.28. The highest BCUT2D eigenvalue weighted by atomic mass is 32.1. The van der Waals surface area contributed by atoms with E-state index in [4.69, 9.17) is 17.0 Å². The first-order chi connectivity index (χ1) is 11.0. The molecule has 2 N–H and O–H groups in total. The molecule has 0 aliphatic heterocycles. The van der Waals surface area contributed by atoms with Crippen molar-refractivity contribution in [3.05, 3.63) is 59.2 Å². The molecule has 0 spiro atoms. The molecule has 2 rings (SSSR count). The number of thiocarbonyl (C=S) groups is 1. The van der Waals surface area contributed by atoms with Crippen molar-refractivity contribution in [3.8, 4) is 5.75 Å². The van der Waals surface area contributed by atoms with Crippen LogP contribution in [0.15, 0.2) is 47.6 Å². The Labute approximate surface area is 142 Å². The molecule has 0 radical (unpaired) electrons. The predicted molar refractivity (Wildman–Crippen MR) is 100 cm³/mol. The number of hydrazone groups is 1. The van der Waals surface area contributed by atoms with Crippen LogP contribution in [0.3, 0.4) is 0 Å². The van der Waals surface area contributed by atoms with Crippen LogP contribution in [-0.2, 0) is 0 Å². The van der Waals surface area contributed by atoms with Gasteiger partial charge in [0.25, 0.3) is 0 Å². The van der Waals surface area contributed by atoms with Crippen molar-refractivity contribution < 1.29 is 4.74 Å². The van der Waals surface area contributed by atoms with Gasteiger partial charge >= 0.3 is 0 Å². The monoisotopic (exact) mass is 327 g/mol. The van der Waals surface area contributed by atoms with Gasteiger partial charge in [0.15, 0.2) is 5.11 Å². The molecule has 0 bridgehead atoms. The van der Waals surface area contributed by atoms with Crippen LogP contribution in [0.5, 0.6) is 5.75 Å². The van der Waals surface area contributed by atoms with Crippen molar-refractivity contribution in [1.29, 1.82) is 0 Å². The molecule has 0 saturated heterocycles. The Balaban J connectivity index is 2.03. The summed E-state index contributed by atoms with van der Waals surface area (Å²) < 4.78 is 5.28. The van der Waals surface area contributed by atoms with E-state index in [0.29, 0.717) is 5.11 Å². The van der Waals surface area contributed by atoms with Crippen molar-refractivity contribution in [3.63, 3.8) is 0 Å². The number of para-hydroxylation sites is 2. The lowest BCUT2D eigenvalue weighted by Crippen LogP contribution is -2.25. The van der Waals surface area contributed by atoms with E-state index in [2.05, 4.69) is 47.9 Å². The second-order valence-electron chi connectivity index (χ2n) is 5.26. The number of rotatable bonds is 4. The normalized spacial score (nSPS) is 11.0. The SMILES string of the molecule is COc1ccccc1NC(=S)N/N=C(/C)c1ccc(C)c(C)c1. The third-order valence-electron chi connectivity index (χ3n) is 3.61. The van der Waals surface area contributed by atoms with E-state index < -0.39 is 0 Å². The minimum Gasteiger partial charge on any atom is -0.495 e. The summed E-state index contributed by atoms with van der Waals surface area (Å²) in [5, 5.41) is 7.83. The fraction of sp³-hybridized carbons (Fsp3) is 0.222. The van der Waals surface area contributed by atoms with E-state index >= 15 is 0 Å². The number of benzene rings is 2. The highest BCUT2D eigenvalue weighted by molar-refractivity contribution is 7.80. The molecule has 2 aromatic carbocycles. The van der Waals surface area contributed by atoms with Gasteiger partial charge < -0.3 is 10.1 Å². The van der Waals surface area contributed by atoms with E-state index in [0.717, 1.165) is 22.7 Å². The maximum Gasteiger partial charge on any atom is 0.191 e. The molecule has 0 aromatic heterocycles. The third kappa shape index (κ3) is 4.53. The molecular weight excluding hydrogens is 306 g/mol. The van der Waals surface area contributed by atoms with Crippen LogP contribution in [0.4, 0.5) is 5.69 Å². The molecule has 0 amide bonds. The molecule has 120 valence electrons. The summed E-state index contributed by atoms with van der Waals surface area (Å²) in [7, 11) is 1.62. The van der Waals surface area contributed by atoms with E-state index in [1.165, 1.54) is 11.1 Å². The summed E-state index contributed by atoms with van der Waals surface area (Å²) in [6.45, 7) is 6.13. The van der Waals surface area contributed by atoms with E-state index in [1.807, 2.05) is 31.2 Å². The molecule has 0 atom stereocenters. The van der Waals surface area contributed by atoms with Gasteiger partial charge in [-0.1, -0.05) is 24.3 Å². The summed E-state index contributed by atoms with van der Waals surface area (Å²) in [6, 6.07) is 13.8. The quantitative estimate of drug-likeness (QED) is 0.506. The van der Waals surface area contributed by atoms with Gasteiger partial charge in [0.05, 0.1) is 18.5 Å². The van der Waals surface area contributed by atoms with Crippen LogP contribution in [0, 0.1) is 13.8 Å². The Hall–Kier alpha value is -2.40. The van der Waals surface area contributed by atoms with Crippen LogP contribution in [-0.4, -0.2) is 17.9 Å². The number of hydrogen-bond donors (Lipinski definition) is 2. The average Bonchev–Trinajstić information content (AvgIpc) is 2.55. The Morgan fingerprint density at radius 3 is 2.52 bits per heavy atom. The van der Waals surface area contributed by atoms with Crippen molar-refractivity contribution in [2.24, 2.45) is 5.10 Å². The molecule has 0 saturated carbocycles. The van der Waals surface area contributed by atoms with E-state index in [-0.39, 0.29) is 0 Å². The minimum absolute atomic E-state index is 0.415. The van der Waals surface area contributed by atoms with Gasteiger partial charge in [-0.3, -0.25) is 5.43 Å². The van der Waals surface area contributed by atoms with Crippen molar-refractivity contribution in [2.45, 2.75) is 20.8 Å². The number of nitrogens with one attached hydrogen (secondary N) is 2. The fourth-order valence-electron chi connectivity index (χ4n) is 2.06. The maximum absolute atomic E-state index is 5.28. The Kier molecular flexibility index (Phi) is 5.71. The molecule has 0 aliphatic carbocycles. The van der Waals surface area contributed by atoms with Gasteiger partial charge in [-0.2, -0.15) is 5.10 Å². The first kappa shape index (κ1) is 17.0. The lowest BCUT2D eigenvalue weighted by molar-refractivity contribution is 0.417. The second-order valence-corrected chi connectivity index (χ2v) is 5.67. The zero-order valence-electron chi connectivity index (χ0n) is 13.8. The van der Waals surface area contributed by atoms with Gasteiger partial charge in [0.1, 0.15) is 5.75 Å². The van der Waals surface area contributed by atoms with E-state index in [1.54, 1.807) is 7.11 Å². The molecule has 23 heavy (non-hydrogen) atoms. The molecule has 0 aliphatic rings. The summed E-state index contributed by atoms with van der Waals surface area (Å²) in [4.78, 5) is 0. The number of aryl methyl sites for hydroxylation is 2. The average molecular weight is 327 g/mol. The molecule has 5 heteroatoms. The standard InChI is InChI=1S/C18H21N3OS/c1-12-9-10-15(11-13(12)2)14(3)20-21-18(23)19-16-7-5-6-8-17(16)22-4/h5-11H,1-4H3,(H2,19,21,23)/b20-14-. The smallest absolute Gasteiger partial charge is 0.191 e. The predicted octanol–water partition coefficient (Wildman–Crippen LogP) is 4.02. The van der Waals surface area contributed by atoms with Crippen LogP contribution in [0.2, 0.25) is 0 Å². The van der Waals surface area contributed by atoms with Crippen molar-refractivity contribution in [2.75, 3.05) is 12.4 Å². The van der Waals surface area contributed by atoms with Gasteiger partial charge in [-0.05, 0) is 67.9 Å². The summed E-state index contributed by atoms with van der Waals surface area (Å²) in [5.74, 6) is 0.728. The molecule has 4 nitrogen and oxygen atoms in total. The summed E-state index contributed by atoms with van der Waals surface area (Å²) in [6.07, 6.45) is 0. The zero-order valence-corrected chi connectivity index (χ0v) is 14.6. The summed E-state index contributed by atoms with van der Waals surface area (Å²) >= 11 is 5.27. The Morgan fingerprint density at radius 2 is 1.83 bits per heavy atom. The van der Waals surface area contributed by atoms with Gasteiger partial charge in [0.2, 0.25) is 0 Å². The van der Waals surface area contributed by atoms with Crippen LogP contribution in [0.25, 0.3) is 0 Å². The number of nitrogens with zero attached hydrogens (tertiary/aromatic N) is 1. The van der Waals surface area contributed by atoms with Crippen LogP contribution in [0.1, 0.15) is 23.6 Å². The molecule has 0 unspecified atom stereocenters. The molecule has 0 fully saturated rings. The van der Waals surface area contributed by atoms with Crippen LogP contribution >= 0.6 is 12.2 Å². The lowest BCUT2D eigenvalue weighted by Gasteiger charge is -2.11. The molecular formula is C18H21N3OS. The highest BCUT2D eigenvalue weighted by Gasteiger charge is 2.04. The fourth-order valence-corrected chi connectivity index (χ4v) is 2.22. The number of ether oxygens (including phenoxy) is 1. The second kappa shape index (κ2) is 7.74. The molecule has 2 aromatic rings. The first-order valence-corrected chi connectivity index (χ1v) is 7.74. The van der Waals surface area contributed by atoms with Gasteiger partial charge in [-0.15, -0.1) is 0 Å².